The van der Waals surface area contributed by atoms with Crippen LogP contribution in [0.3, 0.4) is 0 Å². The summed E-state index contributed by atoms with van der Waals surface area (Å²) in [5, 5.41) is 5.32. The van der Waals surface area contributed by atoms with Crippen LogP contribution in [-0.4, -0.2) is 24.7 Å². The number of pyridine rings is 1. The van der Waals surface area contributed by atoms with Gasteiger partial charge in [0.15, 0.2) is 11.6 Å². The Morgan fingerprint density at radius 3 is 2.71 bits per heavy atom. The second kappa shape index (κ2) is 3.77. The highest BCUT2D eigenvalue weighted by molar-refractivity contribution is 9.10. The fraction of sp³-hybridized carbons (Fsp3) is 0. The third kappa shape index (κ3) is 1.64. The molecule has 6 nitrogen and oxygen atoms in total. The lowest BCUT2D eigenvalue weighted by atomic mass is 10.3. The minimum absolute atomic E-state index is 0.337. The van der Waals surface area contributed by atoms with Crippen LogP contribution in [0, 0.1) is 0 Å². The van der Waals surface area contributed by atoms with E-state index in [4.69, 9.17) is 5.73 Å². The van der Waals surface area contributed by atoms with Gasteiger partial charge in [-0.05, 0) is 22.0 Å². The van der Waals surface area contributed by atoms with Gasteiger partial charge in [0.25, 0.3) is 0 Å². The average Bonchev–Trinajstić information content (AvgIpc) is 2.75. The Labute approximate surface area is 105 Å². The quantitative estimate of drug-likeness (QED) is 0.688. The number of aromatic nitrogens is 5. The van der Waals surface area contributed by atoms with Crippen molar-refractivity contribution < 1.29 is 0 Å². The van der Waals surface area contributed by atoms with E-state index in [-0.39, 0.29) is 0 Å². The lowest BCUT2D eigenvalue weighted by Gasteiger charge is -2.01. The second-order valence-electron chi connectivity index (χ2n) is 3.38. The molecule has 0 saturated heterocycles. The smallest absolute Gasteiger partial charge is 0.196 e. The number of halogens is 1. The van der Waals surface area contributed by atoms with E-state index >= 15 is 0 Å². The molecule has 17 heavy (non-hydrogen) atoms. The number of hydrogen-bond donors (Lipinski definition) is 1. The van der Waals surface area contributed by atoms with Crippen LogP contribution in [0.2, 0.25) is 0 Å². The third-order valence-electron chi connectivity index (χ3n) is 2.30. The average molecular weight is 291 g/mol. The van der Waals surface area contributed by atoms with Crippen molar-refractivity contribution in [2.75, 3.05) is 5.73 Å². The van der Waals surface area contributed by atoms with Crippen molar-refractivity contribution in [3.05, 3.63) is 35.5 Å². The van der Waals surface area contributed by atoms with E-state index in [2.05, 4.69) is 36.0 Å². The minimum atomic E-state index is 0.337. The van der Waals surface area contributed by atoms with Gasteiger partial charge >= 0.3 is 0 Å². The monoisotopic (exact) mass is 290 g/mol. The molecular weight excluding hydrogens is 284 g/mol. The van der Waals surface area contributed by atoms with Gasteiger partial charge < -0.3 is 5.73 Å². The van der Waals surface area contributed by atoms with Crippen LogP contribution >= 0.6 is 15.9 Å². The summed E-state index contributed by atoms with van der Waals surface area (Å²) in [6.45, 7) is 0. The summed E-state index contributed by atoms with van der Waals surface area (Å²) in [5.41, 5.74) is 6.51. The van der Waals surface area contributed by atoms with Crippen molar-refractivity contribution >= 4 is 32.7 Å². The van der Waals surface area contributed by atoms with Crippen molar-refractivity contribution in [3.63, 3.8) is 0 Å². The Balaban J connectivity index is 2.26. The molecule has 3 aromatic heterocycles. The van der Waals surface area contributed by atoms with Crippen LogP contribution in [0.1, 0.15) is 0 Å². The Morgan fingerprint density at radius 2 is 1.94 bits per heavy atom. The van der Waals surface area contributed by atoms with Crippen molar-refractivity contribution in [1.82, 2.24) is 24.7 Å². The van der Waals surface area contributed by atoms with Gasteiger partial charge in [-0.25, -0.2) is 19.6 Å². The van der Waals surface area contributed by atoms with Crippen LogP contribution in [0.25, 0.3) is 16.7 Å². The predicted octanol–water partition coefficient (Wildman–Crippen LogP) is 1.56. The molecule has 0 unspecified atom stereocenters. The van der Waals surface area contributed by atoms with E-state index in [1.54, 1.807) is 23.3 Å². The molecule has 0 saturated carbocycles. The highest BCUT2D eigenvalue weighted by atomic mass is 79.9. The normalized spacial score (nSPS) is 10.9. The van der Waals surface area contributed by atoms with Crippen LogP contribution < -0.4 is 5.73 Å². The molecule has 0 amide bonds. The molecular formula is C10H7BrN6. The summed E-state index contributed by atoms with van der Waals surface area (Å²) < 4.78 is 2.29. The van der Waals surface area contributed by atoms with Gasteiger partial charge in [0.2, 0.25) is 0 Å². The topological polar surface area (TPSA) is 82.5 Å². The van der Waals surface area contributed by atoms with E-state index in [9.17, 15) is 0 Å². The van der Waals surface area contributed by atoms with Gasteiger partial charge in [-0.2, -0.15) is 5.10 Å². The van der Waals surface area contributed by atoms with Crippen molar-refractivity contribution in [2.45, 2.75) is 0 Å². The Bertz CT molecular complexity index is 692. The molecule has 0 fully saturated rings. The maximum absolute atomic E-state index is 5.75. The summed E-state index contributed by atoms with van der Waals surface area (Å²) in [7, 11) is 0. The summed E-state index contributed by atoms with van der Waals surface area (Å²) in [4.78, 5) is 12.2. The molecule has 2 N–H and O–H groups in total. The van der Waals surface area contributed by atoms with E-state index < -0.39 is 0 Å². The molecule has 3 heterocycles. The molecule has 0 spiro atoms. The number of rotatable bonds is 1. The Hall–Kier alpha value is -2.02. The first-order chi connectivity index (χ1) is 8.25. The Kier molecular flexibility index (Phi) is 2.25. The third-order valence-corrected chi connectivity index (χ3v) is 2.88. The molecule has 0 aliphatic rings. The summed E-state index contributed by atoms with van der Waals surface area (Å²) in [6, 6.07) is 1.87. The summed E-state index contributed by atoms with van der Waals surface area (Å²) in [6.07, 6.45) is 6.66. The number of hydrogen-bond acceptors (Lipinski definition) is 5. The lowest BCUT2D eigenvalue weighted by Crippen LogP contribution is -2.04. The summed E-state index contributed by atoms with van der Waals surface area (Å²) in [5.74, 6) is 0.847. The number of fused-ring (bicyclic) bond motifs is 1. The summed E-state index contributed by atoms with van der Waals surface area (Å²) >= 11 is 3.35. The van der Waals surface area contributed by atoms with Gasteiger partial charge in [-0.15, -0.1) is 0 Å². The van der Waals surface area contributed by atoms with Crippen LogP contribution in [0.15, 0.2) is 35.5 Å². The van der Waals surface area contributed by atoms with Crippen molar-refractivity contribution in [2.24, 2.45) is 0 Å². The molecule has 3 aromatic rings. The van der Waals surface area contributed by atoms with Gasteiger partial charge in [-0.1, -0.05) is 0 Å². The van der Waals surface area contributed by atoms with E-state index in [1.807, 2.05) is 12.3 Å². The number of nitrogens with two attached hydrogens (primary N) is 1. The van der Waals surface area contributed by atoms with E-state index in [0.717, 1.165) is 10.9 Å². The molecule has 0 aliphatic carbocycles. The molecule has 0 atom stereocenters. The minimum Gasteiger partial charge on any atom is -0.381 e. The maximum atomic E-state index is 5.75. The highest BCUT2D eigenvalue weighted by Gasteiger charge is 2.09. The van der Waals surface area contributed by atoms with Gasteiger partial charge in [0.1, 0.15) is 10.1 Å². The molecule has 0 aromatic carbocycles. The Morgan fingerprint density at radius 1 is 1.12 bits per heavy atom. The van der Waals surface area contributed by atoms with Crippen LogP contribution in [-0.2, 0) is 0 Å². The number of anilines is 1. The van der Waals surface area contributed by atoms with E-state index in [1.165, 1.54) is 0 Å². The predicted molar refractivity (Wildman–Crippen MR) is 66.6 cm³/mol. The molecule has 84 valence electrons. The maximum Gasteiger partial charge on any atom is 0.196 e. The zero-order valence-corrected chi connectivity index (χ0v) is 10.2. The van der Waals surface area contributed by atoms with Gasteiger partial charge in [0, 0.05) is 30.2 Å². The van der Waals surface area contributed by atoms with Crippen LogP contribution in [0.4, 0.5) is 5.82 Å². The zero-order valence-electron chi connectivity index (χ0n) is 8.58. The first-order valence-corrected chi connectivity index (χ1v) is 5.62. The highest BCUT2D eigenvalue weighted by Crippen LogP contribution is 2.21. The molecule has 3 rings (SSSR count). The van der Waals surface area contributed by atoms with Crippen molar-refractivity contribution in [3.8, 4) is 5.82 Å². The largest absolute Gasteiger partial charge is 0.381 e. The van der Waals surface area contributed by atoms with Gasteiger partial charge in [-0.3, -0.25) is 0 Å². The number of nitrogen functional groups attached to an aromatic ring is 1. The number of nitrogens with zero attached hydrogens (tertiary/aromatic N) is 5. The first kappa shape index (κ1) is 10.2. The molecule has 0 radical (unpaired) electrons. The fourth-order valence-electron chi connectivity index (χ4n) is 1.54. The van der Waals surface area contributed by atoms with E-state index in [0.29, 0.717) is 16.2 Å². The molecule has 7 heteroatoms. The van der Waals surface area contributed by atoms with Gasteiger partial charge in [0.05, 0.1) is 0 Å². The second-order valence-corrected chi connectivity index (χ2v) is 4.13. The lowest BCUT2D eigenvalue weighted by molar-refractivity contribution is 0.853. The fourth-order valence-corrected chi connectivity index (χ4v) is 1.97. The van der Waals surface area contributed by atoms with Crippen molar-refractivity contribution in [1.29, 1.82) is 0 Å². The standard InChI is InChI=1S/C10H7BrN6/c11-8-7-6(1-2-13-8)5-17(16-7)10-9(12)14-3-4-15-10/h1-5H,(H2,12,14). The zero-order chi connectivity index (χ0) is 11.8. The first-order valence-electron chi connectivity index (χ1n) is 4.82. The van der Waals surface area contributed by atoms with Crippen LogP contribution in [0.5, 0.6) is 0 Å². The molecule has 0 aliphatic heterocycles. The SMILES string of the molecule is Nc1nccnc1-n1cc2ccnc(Br)c2n1. The molecule has 0 bridgehead atoms.